The molecule has 1 heterocycles. The van der Waals surface area contributed by atoms with Gasteiger partial charge < -0.3 is 9.80 Å². The largest absolute Gasteiger partial charge is 0.335 e. The molecule has 0 saturated carbocycles. The van der Waals surface area contributed by atoms with Gasteiger partial charge in [-0.3, -0.25) is 9.59 Å². The summed E-state index contributed by atoms with van der Waals surface area (Å²) in [6, 6.07) is 7.52. The van der Waals surface area contributed by atoms with E-state index >= 15 is 0 Å². The lowest BCUT2D eigenvalue weighted by atomic mass is 10.1. The smallest absolute Gasteiger partial charge is 0.255 e. The maximum Gasteiger partial charge on any atom is 0.255 e. The van der Waals surface area contributed by atoms with Crippen LogP contribution >= 0.6 is 23.2 Å². The lowest BCUT2D eigenvalue weighted by Gasteiger charge is -2.35. The second kappa shape index (κ2) is 7.60. The van der Waals surface area contributed by atoms with Crippen LogP contribution in [0.4, 0.5) is 8.78 Å². The second-order valence-electron chi connectivity index (χ2n) is 5.84. The number of benzene rings is 2. The van der Waals surface area contributed by atoms with E-state index in [0.29, 0.717) is 16.7 Å². The summed E-state index contributed by atoms with van der Waals surface area (Å²) < 4.78 is 26.6. The number of carbonyl (C=O) groups excluding carboxylic acids is 2. The van der Waals surface area contributed by atoms with E-state index in [1.165, 1.54) is 4.90 Å². The van der Waals surface area contributed by atoms with Gasteiger partial charge in [0, 0.05) is 37.8 Å². The molecule has 0 radical (unpaired) electrons. The van der Waals surface area contributed by atoms with Crippen molar-refractivity contribution in [1.29, 1.82) is 0 Å². The van der Waals surface area contributed by atoms with Crippen molar-refractivity contribution >= 4 is 35.0 Å². The standard InChI is InChI=1S/C18H14Cl2F2N2O2/c19-15-3-1-2-14(16(15)20)18(26)24-6-4-23(5-7-24)17(25)11-8-12(21)10-13(22)9-11/h1-3,8-10H,4-7H2. The minimum absolute atomic E-state index is 0.0554. The molecule has 4 nitrogen and oxygen atoms in total. The van der Waals surface area contributed by atoms with Crippen LogP contribution in [0.2, 0.25) is 10.0 Å². The van der Waals surface area contributed by atoms with Crippen LogP contribution in [-0.4, -0.2) is 47.8 Å². The fourth-order valence-corrected chi connectivity index (χ4v) is 3.19. The molecule has 3 rings (SSSR count). The molecule has 1 fully saturated rings. The van der Waals surface area contributed by atoms with Crippen LogP contribution in [-0.2, 0) is 0 Å². The third-order valence-electron chi connectivity index (χ3n) is 4.15. The van der Waals surface area contributed by atoms with E-state index in [9.17, 15) is 18.4 Å². The van der Waals surface area contributed by atoms with Crippen molar-refractivity contribution in [3.05, 3.63) is 69.2 Å². The molecule has 0 spiro atoms. The predicted molar refractivity (Wildman–Crippen MR) is 94.6 cm³/mol. The number of hydrogen-bond acceptors (Lipinski definition) is 2. The molecular formula is C18H14Cl2F2N2O2. The van der Waals surface area contributed by atoms with Crippen LogP contribution in [0.1, 0.15) is 20.7 Å². The van der Waals surface area contributed by atoms with E-state index in [1.54, 1.807) is 23.1 Å². The first-order chi connectivity index (χ1) is 12.4. The summed E-state index contributed by atoms with van der Waals surface area (Å²) in [6.07, 6.45) is 0. The number of piperazine rings is 1. The molecule has 0 atom stereocenters. The Labute approximate surface area is 158 Å². The van der Waals surface area contributed by atoms with Gasteiger partial charge in [0.15, 0.2) is 0 Å². The fourth-order valence-electron chi connectivity index (χ4n) is 2.81. The van der Waals surface area contributed by atoms with Crippen LogP contribution in [0, 0.1) is 11.6 Å². The van der Waals surface area contributed by atoms with Gasteiger partial charge >= 0.3 is 0 Å². The molecule has 136 valence electrons. The first-order valence-corrected chi connectivity index (χ1v) is 8.61. The molecule has 26 heavy (non-hydrogen) atoms. The van der Waals surface area contributed by atoms with Gasteiger partial charge in [-0.25, -0.2) is 8.78 Å². The average molecular weight is 399 g/mol. The zero-order valence-corrected chi connectivity index (χ0v) is 15.0. The zero-order valence-electron chi connectivity index (χ0n) is 13.5. The molecule has 0 aliphatic carbocycles. The van der Waals surface area contributed by atoms with Gasteiger partial charge in [-0.15, -0.1) is 0 Å². The van der Waals surface area contributed by atoms with Gasteiger partial charge in [-0.05, 0) is 24.3 Å². The van der Waals surface area contributed by atoms with Gasteiger partial charge in [0.2, 0.25) is 0 Å². The third-order valence-corrected chi connectivity index (χ3v) is 4.96. The quantitative estimate of drug-likeness (QED) is 0.770. The van der Waals surface area contributed by atoms with Crippen molar-refractivity contribution in [2.45, 2.75) is 0 Å². The molecule has 2 aromatic carbocycles. The van der Waals surface area contributed by atoms with Gasteiger partial charge in [-0.1, -0.05) is 29.3 Å². The van der Waals surface area contributed by atoms with Gasteiger partial charge in [-0.2, -0.15) is 0 Å². The summed E-state index contributed by atoms with van der Waals surface area (Å²) in [5.41, 5.74) is 0.242. The molecule has 1 saturated heterocycles. The van der Waals surface area contributed by atoms with Crippen LogP contribution in [0.25, 0.3) is 0 Å². The Morgan fingerprint density at radius 2 is 1.38 bits per heavy atom. The molecule has 0 unspecified atom stereocenters. The molecule has 1 aliphatic heterocycles. The summed E-state index contributed by atoms with van der Waals surface area (Å²) in [5.74, 6) is -2.37. The maximum absolute atomic E-state index is 13.3. The Bertz CT molecular complexity index is 848. The monoisotopic (exact) mass is 398 g/mol. The van der Waals surface area contributed by atoms with Crippen LogP contribution < -0.4 is 0 Å². The molecule has 2 aromatic rings. The number of carbonyl (C=O) groups is 2. The summed E-state index contributed by atoms with van der Waals surface area (Å²) >= 11 is 12.0. The van der Waals surface area contributed by atoms with E-state index in [-0.39, 0.29) is 42.7 Å². The van der Waals surface area contributed by atoms with Crippen molar-refractivity contribution in [3.8, 4) is 0 Å². The van der Waals surface area contributed by atoms with Gasteiger partial charge in [0.1, 0.15) is 11.6 Å². The maximum atomic E-state index is 13.3. The van der Waals surface area contributed by atoms with Crippen LogP contribution in [0.3, 0.4) is 0 Å². The number of amides is 2. The van der Waals surface area contributed by atoms with Gasteiger partial charge in [0.25, 0.3) is 11.8 Å². The van der Waals surface area contributed by atoms with E-state index in [2.05, 4.69) is 0 Å². The fraction of sp³-hybridized carbons (Fsp3) is 0.222. The molecular weight excluding hydrogens is 385 g/mol. The first kappa shape index (κ1) is 18.6. The Balaban J connectivity index is 1.68. The van der Waals surface area contributed by atoms with E-state index in [0.717, 1.165) is 12.1 Å². The zero-order chi connectivity index (χ0) is 18.8. The summed E-state index contributed by atoms with van der Waals surface area (Å²) in [6.45, 7) is 1.07. The highest BCUT2D eigenvalue weighted by molar-refractivity contribution is 6.43. The minimum Gasteiger partial charge on any atom is -0.335 e. The third kappa shape index (κ3) is 3.81. The molecule has 1 aliphatic rings. The van der Waals surface area contributed by atoms with Crippen LogP contribution in [0.5, 0.6) is 0 Å². The van der Waals surface area contributed by atoms with Crippen molar-refractivity contribution < 1.29 is 18.4 Å². The van der Waals surface area contributed by atoms with Gasteiger partial charge in [0.05, 0.1) is 15.6 Å². The van der Waals surface area contributed by atoms with Crippen molar-refractivity contribution in [2.24, 2.45) is 0 Å². The van der Waals surface area contributed by atoms with Crippen molar-refractivity contribution in [2.75, 3.05) is 26.2 Å². The lowest BCUT2D eigenvalue weighted by Crippen LogP contribution is -2.50. The number of rotatable bonds is 2. The highest BCUT2D eigenvalue weighted by atomic mass is 35.5. The number of hydrogen-bond donors (Lipinski definition) is 0. The second-order valence-corrected chi connectivity index (χ2v) is 6.63. The molecule has 2 amide bonds. The minimum atomic E-state index is -0.808. The Hall–Kier alpha value is -2.18. The van der Waals surface area contributed by atoms with E-state index < -0.39 is 17.5 Å². The molecule has 0 N–H and O–H groups in total. The average Bonchev–Trinajstić information content (AvgIpc) is 2.62. The van der Waals surface area contributed by atoms with E-state index in [4.69, 9.17) is 23.2 Å². The normalized spacial score (nSPS) is 14.5. The van der Waals surface area contributed by atoms with Crippen LogP contribution in [0.15, 0.2) is 36.4 Å². The summed E-state index contributed by atoms with van der Waals surface area (Å²) in [4.78, 5) is 28.0. The molecule has 8 heteroatoms. The highest BCUT2D eigenvalue weighted by Crippen LogP contribution is 2.27. The predicted octanol–water partition coefficient (Wildman–Crippen LogP) is 3.87. The van der Waals surface area contributed by atoms with Crippen molar-refractivity contribution in [1.82, 2.24) is 9.80 Å². The SMILES string of the molecule is O=C(c1cc(F)cc(F)c1)N1CCN(C(=O)c2cccc(Cl)c2Cl)CC1. The van der Waals surface area contributed by atoms with E-state index in [1.807, 2.05) is 0 Å². The highest BCUT2D eigenvalue weighted by Gasteiger charge is 2.27. The first-order valence-electron chi connectivity index (χ1n) is 7.85. The topological polar surface area (TPSA) is 40.6 Å². The van der Waals surface area contributed by atoms with Crippen molar-refractivity contribution in [3.63, 3.8) is 0 Å². The molecule has 0 aromatic heterocycles. The molecule has 0 bridgehead atoms. The summed E-state index contributed by atoms with van der Waals surface area (Å²) in [7, 11) is 0. The Morgan fingerprint density at radius 1 is 0.846 bits per heavy atom. The Morgan fingerprint density at radius 3 is 1.96 bits per heavy atom. The Kier molecular flexibility index (Phi) is 5.44. The lowest BCUT2D eigenvalue weighted by molar-refractivity contribution is 0.0535. The summed E-state index contributed by atoms with van der Waals surface area (Å²) in [5, 5.41) is 0.479. The number of halogens is 4. The number of nitrogens with zero attached hydrogens (tertiary/aromatic N) is 2.